The average molecular weight is 309 g/mol. The van der Waals surface area contributed by atoms with Crippen molar-refractivity contribution in [2.24, 2.45) is 0 Å². The third-order valence-corrected chi connectivity index (χ3v) is 2.44. The van der Waals surface area contributed by atoms with E-state index in [2.05, 4.69) is 0 Å². The maximum Gasteiger partial charge on any atom is 0.347 e. The molecule has 0 aliphatic carbocycles. The highest BCUT2D eigenvalue weighted by molar-refractivity contribution is 6.41. The standard InChI is InChI=1S/C15H13ClO5/c1-20-12-9-11(21-14(17)10-12)7-5-3-2-4-6-8-13(16)15(18)19/h2-10H,1H3,(H,18,19)/b3-2+,6-4+,7-5+,13-8-. The molecule has 1 aromatic heterocycles. The van der Waals surface area contributed by atoms with E-state index < -0.39 is 11.6 Å². The van der Waals surface area contributed by atoms with Crippen molar-refractivity contribution in [1.82, 2.24) is 0 Å². The van der Waals surface area contributed by atoms with E-state index in [1.807, 2.05) is 0 Å². The van der Waals surface area contributed by atoms with E-state index in [1.54, 1.807) is 36.4 Å². The lowest BCUT2D eigenvalue weighted by Gasteiger charge is -1.97. The van der Waals surface area contributed by atoms with Gasteiger partial charge in [-0.2, -0.15) is 0 Å². The summed E-state index contributed by atoms with van der Waals surface area (Å²) in [7, 11) is 1.46. The molecule has 0 spiro atoms. The maximum atomic E-state index is 11.2. The summed E-state index contributed by atoms with van der Waals surface area (Å²) in [5.74, 6) is -0.400. The number of allylic oxidation sites excluding steroid dienone is 6. The summed E-state index contributed by atoms with van der Waals surface area (Å²) in [4.78, 5) is 21.6. The van der Waals surface area contributed by atoms with Gasteiger partial charge in [0.15, 0.2) is 0 Å². The fraction of sp³-hybridized carbons (Fsp3) is 0.0667. The summed E-state index contributed by atoms with van der Waals surface area (Å²) in [6, 6.07) is 2.82. The number of ether oxygens (including phenoxy) is 1. The van der Waals surface area contributed by atoms with Gasteiger partial charge in [0.05, 0.1) is 13.2 Å². The molecule has 0 aliphatic heterocycles. The van der Waals surface area contributed by atoms with Gasteiger partial charge in [-0.3, -0.25) is 0 Å². The van der Waals surface area contributed by atoms with Gasteiger partial charge >= 0.3 is 11.6 Å². The predicted molar refractivity (Wildman–Crippen MR) is 80.4 cm³/mol. The third kappa shape index (κ3) is 6.44. The summed E-state index contributed by atoms with van der Waals surface area (Å²) in [5.41, 5.74) is -0.494. The monoisotopic (exact) mass is 308 g/mol. The molecule has 0 aromatic carbocycles. The van der Waals surface area contributed by atoms with Crippen molar-refractivity contribution in [2.45, 2.75) is 0 Å². The molecule has 0 radical (unpaired) electrons. The molecule has 1 aromatic rings. The molecular weight excluding hydrogens is 296 g/mol. The Bertz CT molecular complexity index is 665. The normalized spacial score (nSPS) is 12.6. The minimum Gasteiger partial charge on any atom is -0.496 e. The van der Waals surface area contributed by atoms with Gasteiger partial charge in [-0.25, -0.2) is 9.59 Å². The molecule has 21 heavy (non-hydrogen) atoms. The zero-order chi connectivity index (χ0) is 15.7. The van der Waals surface area contributed by atoms with Crippen molar-refractivity contribution in [3.63, 3.8) is 0 Å². The molecule has 110 valence electrons. The molecule has 1 rings (SSSR count). The Balaban J connectivity index is 2.63. The van der Waals surface area contributed by atoms with Crippen LogP contribution >= 0.6 is 11.6 Å². The molecule has 0 saturated carbocycles. The van der Waals surface area contributed by atoms with Crippen LogP contribution in [0.25, 0.3) is 6.08 Å². The fourth-order valence-corrected chi connectivity index (χ4v) is 1.30. The summed E-state index contributed by atoms with van der Waals surface area (Å²) in [5, 5.41) is 8.23. The Kier molecular flexibility index (Phi) is 6.77. The number of methoxy groups -OCH3 is 1. The predicted octanol–water partition coefficient (Wildman–Crippen LogP) is 2.98. The minimum absolute atomic E-state index is 0.270. The van der Waals surface area contributed by atoms with Crippen molar-refractivity contribution >= 4 is 23.6 Å². The highest BCUT2D eigenvalue weighted by Gasteiger charge is 1.98. The van der Waals surface area contributed by atoms with E-state index in [-0.39, 0.29) is 5.03 Å². The van der Waals surface area contributed by atoms with E-state index in [0.29, 0.717) is 11.5 Å². The lowest BCUT2D eigenvalue weighted by molar-refractivity contribution is -0.131. The van der Waals surface area contributed by atoms with Crippen LogP contribution in [0.1, 0.15) is 5.76 Å². The van der Waals surface area contributed by atoms with E-state index >= 15 is 0 Å². The lowest BCUT2D eigenvalue weighted by Crippen LogP contribution is -1.98. The molecule has 1 heterocycles. The summed E-state index contributed by atoms with van der Waals surface area (Å²) < 4.78 is 9.89. The summed E-state index contributed by atoms with van der Waals surface area (Å²) in [6.07, 6.45) is 11.0. The Morgan fingerprint density at radius 2 is 1.90 bits per heavy atom. The molecule has 0 fully saturated rings. The summed E-state index contributed by atoms with van der Waals surface area (Å²) in [6.45, 7) is 0. The first-order valence-electron chi connectivity index (χ1n) is 5.82. The van der Waals surface area contributed by atoms with Gasteiger partial charge in [0.2, 0.25) is 0 Å². The molecule has 0 aliphatic rings. The largest absolute Gasteiger partial charge is 0.496 e. The van der Waals surface area contributed by atoms with Crippen molar-refractivity contribution in [3.05, 3.63) is 69.8 Å². The first kappa shape index (κ1) is 16.5. The van der Waals surface area contributed by atoms with E-state index in [9.17, 15) is 9.59 Å². The average Bonchev–Trinajstić information content (AvgIpc) is 2.45. The first-order chi connectivity index (χ1) is 10.0. The molecule has 0 unspecified atom stereocenters. The molecule has 0 saturated heterocycles. The van der Waals surface area contributed by atoms with Crippen LogP contribution in [-0.2, 0) is 4.79 Å². The quantitative estimate of drug-likeness (QED) is 0.646. The van der Waals surface area contributed by atoms with Gasteiger partial charge in [-0.1, -0.05) is 42.0 Å². The van der Waals surface area contributed by atoms with E-state index in [4.69, 9.17) is 25.9 Å². The van der Waals surface area contributed by atoms with Crippen molar-refractivity contribution < 1.29 is 19.1 Å². The Labute approximate surface area is 126 Å². The second kappa shape index (κ2) is 8.60. The van der Waals surface area contributed by atoms with Crippen molar-refractivity contribution in [1.29, 1.82) is 0 Å². The number of carboxylic acids is 1. The number of hydrogen-bond donors (Lipinski definition) is 1. The molecule has 5 nitrogen and oxygen atoms in total. The molecular formula is C15H13ClO5. The zero-order valence-corrected chi connectivity index (χ0v) is 11.9. The van der Waals surface area contributed by atoms with Crippen LogP contribution in [-0.4, -0.2) is 18.2 Å². The van der Waals surface area contributed by atoms with Crippen LogP contribution in [0, 0.1) is 0 Å². The van der Waals surface area contributed by atoms with E-state index in [0.717, 1.165) is 0 Å². The Morgan fingerprint density at radius 1 is 1.24 bits per heavy atom. The van der Waals surface area contributed by atoms with Crippen molar-refractivity contribution in [3.8, 4) is 5.75 Å². The van der Waals surface area contributed by atoms with Gasteiger partial charge in [-0.15, -0.1) is 0 Å². The van der Waals surface area contributed by atoms with Crippen LogP contribution < -0.4 is 10.4 Å². The van der Waals surface area contributed by atoms with Crippen LogP contribution in [0.4, 0.5) is 0 Å². The van der Waals surface area contributed by atoms with Crippen LogP contribution in [0.3, 0.4) is 0 Å². The second-order valence-corrected chi connectivity index (χ2v) is 4.07. The highest BCUT2D eigenvalue weighted by atomic mass is 35.5. The minimum atomic E-state index is -1.18. The fourth-order valence-electron chi connectivity index (χ4n) is 1.23. The van der Waals surface area contributed by atoms with Crippen LogP contribution in [0.5, 0.6) is 5.75 Å². The number of carbonyl (C=O) groups is 1. The van der Waals surface area contributed by atoms with E-state index in [1.165, 1.54) is 25.3 Å². The number of halogens is 1. The molecule has 0 amide bonds. The number of hydrogen-bond acceptors (Lipinski definition) is 4. The SMILES string of the molecule is COc1cc(/C=C/C=C/C=C/C=C(\Cl)C(=O)O)oc(=O)c1. The van der Waals surface area contributed by atoms with Gasteiger partial charge in [0, 0.05) is 6.07 Å². The second-order valence-electron chi connectivity index (χ2n) is 3.67. The Morgan fingerprint density at radius 3 is 2.57 bits per heavy atom. The molecule has 1 N–H and O–H groups in total. The zero-order valence-electron chi connectivity index (χ0n) is 11.2. The topological polar surface area (TPSA) is 76.7 Å². The summed E-state index contributed by atoms with van der Waals surface area (Å²) >= 11 is 5.40. The number of aliphatic carboxylic acids is 1. The van der Waals surface area contributed by atoms with Gasteiger partial charge in [0.25, 0.3) is 0 Å². The third-order valence-electron chi connectivity index (χ3n) is 2.15. The van der Waals surface area contributed by atoms with Crippen LogP contribution in [0.2, 0.25) is 0 Å². The van der Waals surface area contributed by atoms with Gasteiger partial charge in [0.1, 0.15) is 16.5 Å². The van der Waals surface area contributed by atoms with Gasteiger partial charge in [-0.05, 0) is 12.2 Å². The van der Waals surface area contributed by atoms with Crippen LogP contribution in [0.15, 0.2) is 62.8 Å². The van der Waals surface area contributed by atoms with Crippen molar-refractivity contribution in [2.75, 3.05) is 7.11 Å². The first-order valence-corrected chi connectivity index (χ1v) is 6.20. The lowest BCUT2D eigenvalue weighted by atomic mass is 10.3. The Hall–Kier alpha value is -2.53. The smallest absolute Gasteiger partial charge is 0.347 e. The number of rotatable bonds is 6. The van der Waals surface area contributed by atoms with Gasteiger partial charge < -0.3 is 14.3 Å². The highest BCUT2D eigenvalue weighted by Crippen LogP contribution is 2.10. The molecule has 6 heteroatoms. The maximum absolute atomic E-state index is 11.2. The molecule has 0 bridgehead atoms. The molecule has 0 atom stereocenters. The number of carboxylic acid groups (broad SMARTS) is 1.